The third-order valence-electron chi connectivity index (χ3n) is 39.0. The minimum absolute atomic E-state index is 0.526. The topological polar surface area (TPSA) is 0 Å². The van der Waals surface area contributed by atoms with Crippen LogP contribution in [0.3, 0.4) is 0 Å². The molecule has 0 aromatic carbocycles. The molecule has 22 fully saturated rings. The molecule has 0 amide bonds. The van der Waals surface area contributed by atoms with Gasteiger partial charge < -0.3 is 0 Å². The maximum atomic E-state index is 2.49. The van der Waals surface area contributed by atoms with Crippen molar-refractivity contribution in [2.75, 3.05) is 0 Å². The lowest BCUT2D eigenvalue weighted by Gasteiger charge is -2.56. The first-order valence-corrected chi connectivity index (χ1v) is 47.9. The first-order valence-electron chi connectivity index (χ1n) is 47.9. The zero-order valence-electron chi connectivity index (χ0n) is 75.6. The van der Waals surface area contributed by atoms with Gasteiger partial charge in [0.2, 0.25) is 0 Å². The molecule has 2 spiro atoms. The van der Waals surface area contributed by atoms with Crippen molar-refractivity contribution in [3.63, 3.8) is 0 Å². The molecular formula is C103H190. The zero-order valence-corrected chi connectivity index (χ0v) is 75.6. The van der Waals surface area contributed by atoms with Gasteiger partial charge in [0.25, 0.3) is 0 Å². The first-order chi connectivity index (χ1) is 47.9. The quantitative estimate of drug-likeness (QED) is 0.264. The summed E-state index contributed by atoms with van der Waals surface area (Å²) >= 11 is 0. The molecule has 0 heteroatoms. The summed E-state index contributed by atoms with van der Waals surface area (Å²) in [5.41, 5.74) is 7.71. The van der Waals surface area contributed by atoms with Gasteiger partial charge in [-0.1, -0.05) is 257 Å². The Bertz CT molecular complexity index is 2370. The van der Waals surface area contributed by atoms with E-state index in [0.717, 1.165) is 123 Å². The average Bonchev–Trinajstić information content (AvgIpc) is 0.965. The normalized spacial score (nSPS) is 42.2. The van der Waals surface area contributed by atoms with Crippen molar-refractivity contribution in [2.45, 2.75) is 482 Å². The Morgan fingerprint density at radius 2 is 0.718 bits per heavy atom. The monoisotopic (exact) mass is 1430 g/mol. The number of hydrogen-bond acceptors (Lipinski definition) is 0. The van der Waals surface area contributed by atoms with Crippen LogP contribution in [0, 0.1) is 172 Å². The molecule has 22 rings (SSSR count). The molecule has 0 N–H and O–H groups in total. The Morgan fingerprint density at radius 3 is 1.01 bits per heavy atom. The lowest BCUT2D eigenvalue weighted by Crippen LogP contribution is -2.45. The largest absolute Gasteiger partial charge is 0.0651 e. The predicted molar refractivity (Wildman–Crippen MR) is 457 cm³/mol. The van der Waals surface area contributed by atoms with Crippen molar-refractivity contribution in [1.82, 2.24) is 0 Å². The summed E-state index contributed by atoms with van der Waals surface area (Å²) < 4.78 is 0. The predicted octanol–water partition coefficient (Wildman–Crippen LogP) is 33.9. The number of hydrogen-bond donors (Lipinski definition) is 0. The highest BCUT2D eigenvalue weighted by molar-refractivity contribution is 5.04. The lowest BCUT2D eigenvalue weighted by molar-refractivity contribution is -0.0545. The van der Waals surface area contributed by atoms with E-state index in [0.29, 0.717) is 48.7 Å². The second-order valence-corrected chi connectivity index (χ2v) is 49.6. The van der Waals surface area contributed by atoms with Crippen molar-refractivity contribution in [1.29, 1.82) is 0 Å². The summed E-state index contributed by atoms with van der Waals surface area (Å²) in [6.07, 6.45) is 71.1. The second kappa shape index (κ2) is 34.8. The molecule has 0 aromatic heterocycles. The summed E-state index contributed by atoms with van der Waals surface area (Å²) in [7, 11) is 0. The molecule has 1 unspecified atom stereocenters. The van der Waals surface area contributed by atoms with Crippen LogP contribution < -0.4 is 0 Å². The van der Waals surface area contributed by atoms with E-state index in [1.165, 1.54) is 205 Å². The molecule has 0 radical (unpaired) electrons. The van der Waals surface area contributed by atoms with Gasteiger partial charge in [-0.3, -0.25) is 0 Å². The summed E-state index contributed by atoms with van der Waals surface area (Å²) in [6.45, 7) is 63.5. The minimum Gasteiger partial charge on any atom is -0.0651 e. The van der Waals surface area contributed by atoms with Crippen LogP contribution in [0.15, 0.2) is 0 Å². The standard InChI is InChI=1S/C16H30.C12H20.C12H22.C12H24.C11H20.C11H22.2C10H18.C9H16/c1-13-6-8-16(9-7-13)11-14(2,3)10-15(4,5)12-16;1-2-12-6-9-3-10(7-12)5-11(4-9)8-12;1-11-5-9-12(10-6-11)7-3-2-4-8-12;1-7-12(6)8-10(2,3)11(4,5)9-12;1-8-9-4-6-10(7-5-9)11(8,2)3;1-6-9-7-10(2,3)11(4,5)8-9;1-8-7-9-3-5-10(8,2)6-4-9;1-7-8(2)10-5-3-9(7)4-6-10;1-7-6-8-2-4-9(7)5-3-8/h13H,6-12H2,1-5H3;9-11H,2-8H2,1H3;11H,2-10H2,1H3;7-9H2,1-6H3;8-10H,4-7H2,1-3H3;9H,6-8H2,1-5H3;8-9H,3-7H2,1-2H3;7-10H,3-6H2,1-2H3;7-9H,2-6H2,1H3/t;;;;8-,9?,10?;;8-,9?,10?;7-,8?,9?,10?;7-,8?,9?/m....1.000/s1. The fourth-order valence-electron chi connectivity index (χ4n) is 30.4. The van der Waals surface area contributed by atoms with E-state index in [1.54, 1.807) is 96.3 Å². The Hall–Kier alpha value is 0. The van der Waals surface area contributed by atoms with Gasteiger partial charge in [-0.25, -0.2) is 0 Å². The zero-order chi connectivity index (χ0) is 75.6. The second-order valence-electron chi connectivity index (χ2n) is 49.6. The van der Waals surface area contributed by atoms with Crippen LogP contribution in [0.1, 0.15) is 482 Å². The van der Waals surface area contributed by atoms with Crippen molar-refractivity contribution in [3.8, 4) is 0 Å². The molecule has 0 aliphatic heterocycles. The van der Waals surface area contributed by atoms with Gasteiger partial charge in [-0.15, -0.1) is 0 Å². The van der Waals surface area contributed by atoms with E-state index in [1.807, 2.05) is 0 Å². The average molecular weight is 1430 g/mol. The summed E-state index contributed by atoms with van der Waals surface area (Å²) in [5.74, 6) is 19.2. The Labute approximate surface area is 649 Å². The van der Waals surface area contributed by atoms with E-state index in [4.69, 9.17) is 0 Å². The van der Waals surface area contributed by atoms with Gasteiger partial charge >= 0.3 is 0 Å². The molecule has 103 heavy (non-hydrogen) atoms. The van der Waals surface area contributed by atoms with Crippen LogP contribution in [0.5, 0.6) is 0 Å². The smallest absolute Gasteiger partial charge is 0.0287 e. The van der Waals surface area contributed by atoms with Crippen molar-refractivity contribution in [2.24, 2.45) is 172 Å². The Balaban J connectivity index is 0.000000135. The third-order valence-corrected chi connectivity index (χ3v) is 39.0. The van der Waals surface area contributed by atoms with E-state index in [-0.39, 0.29) is 0 Å². The third kappa shape index (κ3) is 22.1. The fourth-order valence-corrected chi connectivity index (χ4v) is 30.4. The van der Waals surface area contributed by atoms with Crippen LogP contribution in [0.2, 0.25) is 0 Å². The van der Waals surface area contributed by atoms with E-state index < -0.39 is 0 Å². The van der Waals surface area contributed by atoms with Crippen molar-refractivity contribution >= 4 is 0 Å². The van der Waals surface area contributed by atoms with Crippen LogP contribution in [-0.4, -0.2) is 0 Å². The highest BCUT2D eigenvalue weighted by Crippen LogP contribution is 2.65. The highest BCUT2D eigenvalue weighted by atomic mass is 14.6. The van der Waals surface area contributed by atoms with Crippen molar-refractivity contribution < 1.29 is 0 Å². The molecular weight excluding hydrogens is 1240 g/mol. The summed E-state index contributed by atoms with van der Waals surface area (Å²) in [4.78, 5) is 0. The molecule has 0 aromatic rings. The first kappa shape index (κ1) is 87.0. The Kier molecular flexibility index (Phi) is 29.4. The SMILES string of the molecule is CC1C2CCC(CC2)[C@H]1C.CC1CCC2(CC1)CC(C)(C)CC(C)(C)C2.CC1CCC2(CCCCC2)CC1.CCC1(C)CC(C)(C)C(C)(C)C1.CCC12CC3CC(CC(C3)C1)C2.CCC1CC(C)(C)C(C)(C)C1.C[C@@H]1C2CCC(CC2)C1(C)C.C[C@H]1CC2CCC1(C)CC2.C[C@H]1CC2CCC1CC2. The molecule has 5 atom stereocenters. The van der Waals surface area contributed by atoms with E-state index in [2.05, 4.69) is 180 Å². The minimum atomic E-state index is 0.526. The van der Waals surface area contributed by atoms with Gasteiger partial charge in [0.1, 0.15) is 0 Å². The van der Waals surface area contributed by atoms with Crippen LogP contribution >= 0.6 is 0 Å². The summed E-state index contributed by atoms with van der Waals surface area (Å²) in [6, 6.07) is 0. The van der Waals surface area contributed by atoms with Gasteiger partial charge in [-0.2, -0.15) is 0 Å². The van der Waals surface area contributed by atoms with Gasteiger partial charge in [0.05, 0.1) is 0 Å². The highest BCUT2D eigenvalue weighted by Gasteiger charge is 2.54. The lowest BCUT2D eigenvalue weighted by atomic mass is 9.49. The molecule has 0 saturated heterocycles. The molecule has 22 saturated carbocycles. The Morgan fingerprint density at radius 1 is 0.311 bits per heavy atom. The molecule has 602 valence electrons. The van der Waals surface area contributed by atoms with Gasteiger partial charge in [0.15, 0.2) is 0 Å². The maximum absolute atomic E-state index is 2.49. The van der Waals surface area contributed by atoms with Gasteiger partial charge in [-0.05, 0) is 396 Å². The number of rotatable bonds is 3. The van der Waals surface area contributed by atoms with Gasteiger partial charge in [0, 0.05) is 0 Å². The fraction of sp³-hybridized carbons (Fsp3) is 1.00. The summed E-state index contributed by atoms with van der Waals surface area (Å²) in [5, 5.41) is 0. The van der Waals surface area contributed by atoms with E-state index in [9.17, 15) is 0 Å². The number of fused-ring (bicyclic) bond motifs is 12. The molecule has 22 aliphatic carbocycles. The van der Waals surface area contributed by atoms with Crippen LogP contribution in [0.25, 0.3) is 0 Å². The van der Waals surface area contributed by atoms with Crippen LogP contribution in [-0.2, 0) is 0 Å². The molecule has 0 heterocycles. The molecule has 22 aliphatic rings. The van der Waals surface area contributed by atoms with E-state index >= 15 is 0 Å². The molecule has 0 nitrogen and oxygen atoms in total. The maximum Gasteiger partial charge on any atom is -0.0287 e. The van der Waals surface area contributed by atoms with Crippen LogP contribution in [0.4, 0.5) is 0 Å². The van der Waals surface area contributed by atoms with Crippen molar-refractivity contribution in [3.05, 3.63) is 0 Å². The molecule has 12 bridgehead atoms.